The predicted molar refractivity (Wildman–Crippen MR) is 108 cm³/mol. The third kappa shape index (κ3) is 3.92. The number of ether oxygens (including phenoxy) is 1. The number of hydrogen-bond acceptors (Lipinski definition) is 2. The largest absolute Gasteiger partial charge is 0.457 e. The highest BCUT2D eigenvalue weighted by Crippen LogP contribution is 2.30. The van der Waals surface area contributed by atoms with Crippen molar-refractivity contribution in [2.45, 2.75) is 12.3 Å². The SMILES string of the molecule is Clc1ccc(Oc2ccc(N3C=CC(c4ccccc4)CC3)cc2)cc1. The quantitative estimate of drug-likeness (QED) is 0.516. The third-order valence-electron chi connectivity index (χ3n) is 4.62. The van der Waals surface area contributed by atoms with Crippen molar-refractivity contribution in [3.63, 3.8) is 0 Å². The van der Waals surface area contributed by atoms with Gasteiger partial charge in [-0.2, -0.15) is 0 Å². The van der Waals surface area contributed by atoms with Gasteiger partial charge < -0.3 is 9.64 Å². The van der Waals surface area contributed by atoms with Gasteiger partial charge in [0.2, 0.25) is 0 Å². The Morgan fingerprint density at radius 3 is 2.08 bits per heavy atom. The molecule has 0 bridgehead atoms. The molecule has 2 nitrogen and oxygen atoms in total. The maximum Gasteiger partial charge on any atom is 0.127 e. The summed E-state index contributed by atoms with van der Waals surface area (Å²) in [5.74, 6) is 2.10. The summed E-state index contributed by atoms with van der Waals surface area (Å²) in [7, 11) is 0. The van der Waals surface area contributed by atoms with Crippen LogP contribution in [-0.4, -0.2) is 6.54 Å². The van der Waals surface area contributed by atoms with Crippen LogP contribution in [-0.2, 0) is 0 Å². The molecule has 0 N–H and O–H groups in total. The van der Waals surface area contributed by atoms with Gasteiger partial charge in [0.25, 0.3) is 0 Å². The minimum Gasteiger partial charge on any atom is -0.457 e. The molecule has 0 saturated heterocycles. The lowest BCUT2D eigenvalue weighted by Crippen LogP contribution is -2.23. The first kappa shape index (κ1) is 16.7. The number of allylic oxidation sites excluding steroid dienone is 1. The monoisotopic (exact) mass is 361 g/mol. The van der Waals surface area contributed by atoms with Crippen LogP contribution >= 0.6 is 11.6 Å². The molecular weight excluding hydrogens is 342 g/mol. The van der Waals surface area contributed by atoms with Gasteiger partial charge in [-0.25, -0.2) is 0 Å². The van der Waals surface area contributed by atoms with Gasteiger partial charge in [0, 0.05) is 29.4 Å². The van der Waals surface area contributed by atoms with E-state index in [0.717, 1.165) is 24.5 Å². The second-order valence-corrected chi connectivity index (χ2v) is 6.83. The van der Waals surface area contributed by atoms with Crippen molar-refractivity contribution in [1.29, 1.82) is 0 Å². The fourth-order valence-electron chi connectivity index (χ4n) is 3.19. The maximum absolute atomic E-state index is 5.90. The molecule has 1 atom stereocenters. The number of halogens is 1. The summed E-state index contributed by atoms with van der Waals surface area (Å²) >= 11 is 5.90. The van der Waals surface area contributed by atoms with E-state index in [4.69, 9.17) is 16.3 Å². The van der Waals surface area contributed by atoms with E-state index in [-0.39, 0.29) is 0 Å². The van der Waals surface area contributed by atoms with E-state index in [1.165, 1.54) is 11.3 Å². The van der Waals surface area contributed by atoms with Gasteiger partial charge in [-0.15, -0.1) is 0 Å². The second-order valence-electron chi connectivity index (χ2n) is 6.39. The molecule has 1 aliphatic rings. The van der Waals surface area contributed by atoms with Crippen molar-refractivity contribution in [3.05, 3.63) is 102 Å². The molecular formula is C23H20ClNO. The van der Waals surface area contributed by atoms with E-state index >= 15 is 0 Å². The highest BCUT2D eigenvalue weighted by molar-refractivity contribution is 6.30. The molecule has 3 aromatic rings. The fourth-order valence-corrected chi connectivity index (χ4v) is 3.32. The van der Waals surface area contributed by atoms with Gasteiger partial charge in [-0.05, 0) is 60.5 Å². The molecule has 130 valence electrons. The second kappa shape index (κ2) is 7.67. The molecule has 3 heteroatoms. The van der Waals surface area contributed by atoms with Crippen molar-refractivity contribution in [2.75, 3.05) is 11.4 Å². The van der Waals surface area contributed by atoms with Gasteiger partial charge in [-0.3, -0.25) is 0 Å². The number of anilines is 1. The molecule has 0 aromatic heterocycles. The van der Waals surface area contributed by atoms with Gasteiger partial charge in [0.15, 0.2) is 0 Å². The molecule has 0 fully saturated rings. The summed E-state index contributed by atoms with van der Waals surface area (Å²) in [6, 6.07) is 26.3. The van der Waals surface area contributed by atoms with Crippen LogP contribution in [0, 0.1) is 0 Å². The zero-order valence-electron chi connectivity index (χ0n) is 14.4. The lowest BCUT2D eigenvalue weighted by atomic mass is 9.93. The zero-order valence-corrected chi connectivity index (χ0v) is 15.1. The molecule has 1 unspecified atom stereocenters. The van der Waals surface area contributed by atoms with Gasteiger partial charge in [0.1, 0.15) is 11.5 Å². The van der Waals surface area contributed by atoms with E-state index in [1.807, 2.05) is 36.4 Å². The molecule has 0 saturated carbocycles. The first-order valence-electron chi connectivity index (χ1n) is 8.81. The molecule has 0 amide bonds. The molecule has 0 radical (unpaired) electrons. The van der Waals surface area contributed by atoms with Gasteiger partial charge >= 0.3 is 0 Å². The van der Waals surface area contributed by atoms with Crippen LogP contribution in [0.15, 0.2) is 91.1 Å². The van der Waals surface area contributed by atoms with Crippen LogP contribution in [0.2, 0.25) is 5.02 Å². The van der Waals surface area contributed by atoms with Crippen molar-refractivity contribution in [3.8, 4) is 11.5 Å². The van der Waals surface area contributed by atoms with Crippen molar-refractivity contribution < 1.29 is 4.74 Å². The van der Waals surface area contributed by atoms with Crippen LogP contribution in [0.3, 0.4) is 0 Å². The van der Waals surface area contributed by atoms with Crippen LogP contribution in [0.4, 0.5) is 5.69 Å². The maximum atomic E-state index is 5.90. The number of rotatable bonds is 4. The lowest BCUT2D eigenvalue weighted by molar-refractivity contribution is 0.482. The standard InChI is InChI=1S/C23H20ClNO/c24-20-6-10-22(11-7-20)26-23-12-8-21(9-13-23)25-16-14-19(15-17-25)18-4-2-1-3-5-18/h1-14,16,19H,15,17H2. The van der Waals surface area contributed by atoms with Crippen LogP contribution in [0.25, 0.3) is 0 Å². The zero-order chi connectivity index (χ0) is 17.8. The summed E-state index contributed by atoms with van der Waals surface area (Å²) in [5, 5.41) is 0.707. The highest BCUT2D eigenvalue weighted by atomic mass is 35.5. The number of hydrogen-bond donors (Lipinski definition) is 0. The van der Waals surface area contributed by atoms with Crippen LogP contribution in [0.5, 0.6) is 11.5 Å². The molecule has 1 aliphatic heterocycles. The predicted octanol–water partition coefficient (Wildman–Crippen LogP) is 6.64. The van der Waals surface area contributed by atoms with Crippen molar-refractivity contribution in [1.82, 2.24) is 0 Å². The van der Waals surface area contributed by atoms with Crippen molar-refractivity contribution >= 4 is 17.3 Å². The first-order valence-corrected chi connectivity index (χ1v) is 9.19. The van der Waals surface area contributed by atoms with Crippen molar-refractivity contribution in [2.24, 2.45) is 0 Å². The minimum absolute atomic E-state index is 0.500. The normalized spacial score (nSPS) is 16.5. The Hall–Kier alpha value is -2.71. The lowest BCUT2D eigenvalue weighted by Gasteiger charge is -2.28. The highest BCUT2D eigenvalue weighted by Gasteiger charge is 2.15. The Bertz CT molecular complexity index is 872. The third-order valence-corrected chi connectivity index (χ3v) is 4.88. The molecule has 4 rings (SSSR count). The van der Waals surface area contributed by atoms with E-state index < -0.39 is 0 Å². The Balaban J connectivity index is 1.42. The average Bonchev–Trinajstić information content (AvgIpc) is 2.71. The Labute approximate surface area is 159 Å². The van der Waals surface area contributed by atoms with E-state index in [9.17, 15) is 0 Å². The van der Waals surface area contributed by atoms with Crippen LogP contribution in [0.1, 0.15) is 17.9 Å². The summed E-state index contributed by atoms with van der Waals surface area (Å²) < 4.78 is 5.86. The smallest absolute Gasteiger partial charge is 0.127 e. The van der Waals surface area contributed by atoms with E-state index in [0.29, 0.717) is 10.9 Å². The molecule has 0 spiro atoms. The summed E-state index contributed by atoms with van der Waals surface area (Å²) in [6.07, 6.45) is 5.59. The molecule has 0 aliphatic carbocycles. The number of nitrogens with zero attached hydrogens (tertiary/aromatic N) is 1. The fraction of sp³-hybridized carbons (Fsp3) is 0.130. The summed E-state index contributed by atoms with van der Waals surface area (Å²) in [4.78, 5) is 2.28. The van der Waals surface area contributed by atoms with Crippen LogP contribution < -0.4 is 9.64 Å². The Morgan fingerprint density at radius 1 is 0.808 bits per heavy atom. The number of benzene rings is 3. The van der Waals surface area contributed by atoms with E-state index in [2.05, 4.69) is 59.6 Å². The minimum atomic E-state index is 0.500. The Morgan fingerprint density at radius 2 is 1.46 bits per heavy atom. The first-order chi connectivity index (χ1) is 12.8. The topological polar surface area (TPSA) is 12.5 Å². The Kier molecular flexibility index (Phi) is 4.94. The van der Waals surface area contributed by atoms with E-state index in [1.54, 1.807) is 0 Å². The molecule has 1 heterocycles. The molecule has 3 aromatic carbocycles. The van der Waals surface area contributed by atoms with Gasteiger partial charge in [-0.1, -0.05) is 48.0 Å². The summed E-state index contributed by atoms with van der Waals surface area (Å²) in [6.45, 7) is 1.01. The average molecular weight is 362 g/mol. The van der Waals surface area contributed by atoms with Gasteiger partial charge in [0.05, 0.1) is 0 Å². The summed E-state index contributed by atoms with van der Waals surface area (Å²) in [5.41, 5.74) is 2.56. The molecule has 26 heavy (non-hydrogen) atoms.